The molecule has 8 nitrogen and oxygen atoms in total. The second kappa shape index (κ2) is 9.08. The summed E-state index contributed by atoms with van der Waals surface area (Å²) in [5, 5.41) is 2.84. The Morgan fingerprint density at radius 3 is 2.46 bits per heavy atom. The van der Waals surface area contributed by atoms with E-state index in [1.165, 1.54) is 26.8 Å². The van der Waals surface area contributed by atoms with Gasteiger partial charge in [0.25, 0.3) is 5.91 Å². The number of nitrogens with one attached hydrogen (secondary N) is 1. The number of amides is 1. The maximum absolute atomic E-state index is 12.8. The second-order valence-corrected chi connectivity index (χ2v) is 11.0. The Labute approximate surface area is 171 Å². The van der Waals surface area contributed by atoms with E-state index in [1.807, 2.05) is 0 Å². The molecule has 1 aliphatic rings. The summed E-state index contributed by atoms with van der Waals surface area (Å²) in [6.45, 7) is 4.65. The third-order valence-electron chi connectivity index (χ3n) is 4.70. The van der Waals surface area contributed by atoms with Gasteiger partial charge in [-0.15, -0.1) is 0 Å². The zero-order valence-corrected chi connectivity index (χ0v) is 18.6. The molecule has 1 fully saturated rings. The summed E-state index contributed by atoms with van der Waals surface area (Å²) in [6.07, 6.45) is 2.43. The van der Waals surface area contributed by atoms with E-state index in [0.29, 0.717) is 19.4 Å². The quantitative estimate of drug-likeness (QED) is 0.676. The van der Waals surface area contributed by atoms with Crippen LogP contribution in [0.25, 0.3) is 0 Å². The molecule has 0 bridgehead atoms. The van der Waals surface area contributed by atoms with Gasteiger partial charge in [-0.1, -0.05) is 25.4 Å². The lowest BCUT2D eigenvalue weighted by atomic mass is 10.1. The predicted molar refractivity (Wildman–Crippen MR) is 108 cm³/mol. The third-order valence-corrected chi connectivity index (χ3v) is 8.51. The molecule has 11 heteroatoms. The highest BCUT2D eigenvalue weighted by atomic mass is 35.5. The minimum Gasteiger partial charge on any atom is -0.348 e. The van der Waals surface area contributed by atoms with Gasteiger partial charge in [-0.2, -0.15) is 4.31 Å². The van der Waals surface area contributed by atoms with Crippen LogP contribution in [0.4, 0.5) is 0 Å². The fourth-order valence-electron chi connectivity index (χ4n) is 3.18. The van der Waals surface area contributed by atoms with Gasteiger partial charge in [-0.25, -0.2) is 21.1 Å². The summed E-state index contributed by atoms with van der Waals surface area (Å²) in [7, 11) is -7.14. The molecule has 1 N–H and O–H groups in total. The fraction of sp³-hybridized carbons (Fsp3) is 0.588. The maximum atomic E-state index is 12.8. The summed E-state index contributed by atoms with van der Waals surface area (Å²) in [5.74, 6) is -0.465. The van der Waals surface area contributed by atoms with E-state index in [1.54, 1.807) is 13.8 Å². The van der Waals surface area contributed by atoms with Crippen LogP contribution in [-0.2, 0) is 20.0 Å². The summed E-state index contributed by atoms with van der Waals surface area (Å²) < 4.78 is 51.6. The van der Waals surface area contributed by atoms with E-state index in [-0.39, 0.29) is 41.2 Å². The molecular formula is C17H26ClN3O5S2. The van der Waals surface area contributed by atoms with Gasteiger partial charge < -0.3 is 5.32 Å². The fourth-order valence-corrected chi connectivity index (χ4v) is 6.04. The second-order valence-electron chi connectivity index (χ2n) is 6.67. The Morgan fingerprint density at radius 2 is 1.89 bits per heavy atom. The van der Waals surface area contributed by atoms with Crippen LogP contribution < -0.4 is 5.32 Å². The van der Waals surface area contributed by atoms with Crippen LogP contribution in [-0.4, -0.2) is 69.8 Å². The van der Waals surface area contributed by atoms with Crippen LogP contribution in [0.3, 0.4) is 0 Å². The number of piperidine rings is 1. The lowest BCUT2D eigenvalue weighted by Crippen LogP contribution is -2.49. The van der Waals surface area contributed by atoms with Crippen LogP contribution in [0.15, 0.2) is 23.1 Å². The van der Waals surface area contributed by atoms with E-state index >= 15 is 0 Å². The summed E-state index contributed by atoms with van der Waals surface area (Å²) in [6, 6.07) is 3.77. The smallest absolute Gasteiger partial charge is 0.251 e. The first-order valence-corrected chi connectivity index (χ1v) is 12.7. The van der Waals surface area contributed by atoms with Gasteiger partial charge in [0.15, 0.2) is 0 Å². The third kappa shape index (κ3) is 5.24. The molecule has 1 aromatic rings. The first-order valence-electron chi connectivity index (χ1n) is 9.06. The molecule has 0 radical (unpaired) electrons. The summed E-state index contributed by atoms with van der Waals surface area (Å²) >= 11 is 6.09. The number of rotatable bonds is 7. The van der Waals surface area contributed by atoms with Gasteiger partial charge >= 0.3 is 0 Å². The number of carbonyl (C=O) groups excluding carboxylic acids is 1. The van der Waals surface area contributed by atoms with Crippen molar-refractivity contribution in [1.82, 2.24) is 13.9 Å². The van der Waals surface area contributed by atoms with Crippen LogP contribution >= 0.6 is 11.6 Å². The van der Waals surface area contributed by atoms with Crippen molar-refractivity contribution in [3.8, 4) is 0 Å². The van der Waals surface area contributed by atoms with Crippen molar-refractivity contribution in [3.05, 3.63) is 28.8 Å². The Morgan fingerprint density at radius 1 is 1.25 bits per heavy atom. The molecule has 2 rings (SSSR count). The molecule has 1 aliphatic heterocycles. The molecule has 1 unspecified atom stereocenters. The largest absolute Gasteiger partial charge is 0.348 e. The SMILES string of the molecule is CCN(CC)S(=O)(=O)c1cc(C(=O)NC2CCCN(S(C)(=O)=O)C2)ccc1Cl. The molecule has 1 saturated heterocycles. The highest BCUT2D eigenvalue weighted by molar-refractivity contribution is 7.89. The first kappa shape index (κ1) is 23.1. The van der Waals surface area contributed by atoms with Crippen molar-refractivity contribution in [2.45, 2.75) is 37.6 Å². The number of nitrogens with zero attached hydrogens (tertiary/aromatic N) is 2. The molecule has 1 aromatic carbocycles. The van der Waals surface area contributed by atoms with Crippen LogP contribution in [0.5, 0.6) is 0 Å². The van der Waals surface area contributed by atoms with Crippen LogP contribution in [0.1, 0.15) is 37.0 Å². The number of hydrogen-bond donors (Lipinski definition) is 1. The van der Waals surface area contributed by atoms with E-state index in [2.05, 4.69) is 5.32 Å². The van der Waals surface area contributed by atoms with Gasteiger partial charge in [0.05, 0.1) is 11.3 Å². The first-order chi connectivity index (χ1) is 13.0. The van der Waals surface area contributed by atoms with Crippen LogP contribution in [0.2, 0.25) is 5.02 Å². The molecule has 0 aromatic heterocycles. The molecular weight excluding hydrogens is 426 g/mol. The lowest BCUT2D eigenvalue weighted by molar-refractivity contribution is 0.0921. The standard InChI is InChI=1S/C17H26ClN3O5S2/c1-4-20(5-2)28(25,26)16-11-13(8-9-15(16)18)17(22)19-14-7-6-10-21(12-14)27(3,23)24/h8-9,11,14H,4-7,10,12H2,1-3H3,(H,19,22). The molecule has 158 valence electrons. The highest BCUT2D eigenvalue weighted by Gasteiger charge is 2.28. The summed E-state index contributed by atoms with van der Waals surface area (Å²) in [4.78, 5) is 12.5. The van der Waals surface area contributed by atoms with Crippen molar-refractivity contribution < 1.29 is 21.6 Å². The Bertz CT molecular complexity index is 930. The average Bonchev–Trinajstić information content (AvgIpc) is 2.62. The van der Waals surface area contributed by atoms with Crippen molar-refractivity contribution in [2.75, 3.05) is 32.4 Å². The van der Waals surface area contributed by atoms with Crippen LogP contribution in [0, 0.1) is 0 Å². The monoisotopic (exact) mass is 451 g/mol. The number of benzene rings is 1. The van der Waals surface area contributed by atoms with E-state index < -0.39 is 26.0 Å². The molecule has 0 aliphatic carbocycles. The summed E-state index contributed by atoms with van der Waals surface area (Å²) in [5.41, 5.74) is 0.159. The van der Waals surface area contributed by atoms with E-state index in [4.69, 9.17) is 11.6 Å². The Kier molecular flexibility index (Phi) is 7.49. The normalized spacial score (nSPS) is 19.0. The average molecular weight is 452 g/mol. The van der Waals surface area contributed by atoms with Gasteiger partial charge in [0.2, 0.25) is 20.0 Å². The van der Waals surface area contributed by atoms with Crippen molar-refractivity contribution in [3.63, 3.8) is 0 Å². The topological polar surface area (TPSA) is 104 Å². The molecule has 0 spiro atoms. The Hall–Kier alpha value is -1.20. The number of hydrogen-bond acceptors (Lipinski definition) is 5. The van der Waals surface area contributed by atoms with Crippen molar-refractivity contribution in [2.24, 2.45) is 0 Å². The van der Waals surface area contributed by atoms with Gasteiger partial charge in [-0.3, -0.25) is 4.79 Å². The Balaban J connectivity index is 2.23. The molecule has 0 saturated carbocycles. The van der Waals surface area contributed by atoms with E-state index in [0.717, 1.165) is 6.26 Å². The maximum Gasteiger partial charge on any atom is 0.251 e. The predicted octanol–water partition coefficient (Wildman–Crippen LogP) is 1.52. The lowest BCUT2D eigenvalue weighted by Gasteiger charge is -2.31. The zero-order chi connectivity index (χ0) is 21.1. The van der Waals surface area contributed by atoms with Gasteiger partial charge in [-0.05, 0) is 31.0 Å². The van der Waals surface area contributed by atoms with E-state index in [9.17, 15) is 21.6 Å². The number of carbonyl (C=O) groups is 1. The number of halogens is 1. The number of sulfonamides is 2. The minimum absolute atomic E-state index is 0.0457. The van der Waals surface area contributed by atoms with Crippen molar-refractivity contribution in [1.29, 1.82) is 0 Å². The van der Waals surface area contributed by atoms with Gasteiger partial charge in [0, 0.05) is 37.8 Å². The molecule has 1 amide bonds. The molecule has 28 heavy (non-hydrogen) atoms. The highest BCUT2D eigenvalue weighted by Crippen LogP contribution is 2.26. The molecule has 1 heterocycles. The van der Waals surface area contributed by atoms with Crippen molar-refractivity contribution >= 4 is 37.6 Å². The minimum atomic E-state index is -3.82. The zero-order valence-electron chi connectivity index (χ0n) is 16.2. The van der Waals surface area contributed by atoms with Gasteiger partial charge in [0.1, 0.15) is 4.90 Å². The molecule has 1 atom stereocenters.